The van der Waals surface area contributed by atoms with E-state index in [0.717, 1.165) is 22.3 Å². The third-order valence-corrected chi connectivity index (χ3v) is 4.94. The summed E-state index contributed by atoms with van der Waals surface area (Å²) < 4.78 is 5.19. The molecule has 0 saturated heterocycles. The summed E-state index contributed by atoms with van der Waals surface area (Å²) in [6, 6.07) is 28.4. The van der Waals surface area contributed by atoms with Crippen LogP contribution in [0.4, 0.5) is 0 Å². The van der Waals surface area contributed by atoms with Crippen molar-refractivity contribution in [2.75, 3.05) is 6.61 Å². The molecule has 0 aliphatic rings. The second-order valence-electron chi connectivity index (χ2n) is 7.32. The van der Waals surface area contributed by atoms with Gasteiger partial charge in [-0.25, -0.2) is 4.79 Å². The number of hydrogen-bond acceptors (Lipinski definition) is 3. The molecule has 0 aliphatic carbocycles. The van der Waals surface area contributed by atoms with Gasteiger partial charge in [-0.05, 0) is 30.5 Å². The van der Waals surface area contributed by atoms with Gasteiger partial charge in [-0.15, -0.1) is 5.73 Å². The van der Waals surface area contributed by atoms with Crippen LogP contribution in [0.5, 0.6) is 0 Å². The molecular weight excluding hydrogens is 398 g/mol. The number of carbonyl (C=O) groups is 2. The first-order valence-electron chi connectivity index (χ1n) is 10.7. The summed E-state index contributed by atoms with van der Waals surface area (Å²) in [5, 5.41) is 2.83. The van der Waals surface area contributed by atoms with Gasteiger partial charge in [0.2, 0.25) is 0 Å². The highest BCUT2D eigenvalue weighted by atomic mass is 16.5. The number of hydrogen-bond donors (Lipinski definition) is 1. The lowest BCUT2D eigenvalue weighted by atomic mass is 9.98. The summed E-state index contributed by atoms with van der Waals surface area (Å²) in [6.07, 6.45) is 0.354. The average Bonchev–Trinajstić information content (AvgIpc) is 2.83. The highest BCUT2D eigenvalue weighted by Gasteiger charge is 2.23. The summed E-state index contributed by atoms with van der Waals surface area (Å²) in [5.74, 6) is -0.809. The van der Waals surface area contributed by atoms with Gasteiger partial charge in [0.1, 0.15) is 6.04 Å². The number of ether oxygens (including phenoxy) is 1. The fourth-order valence-electron chi connectivity index (χ4n) is 3.32. The van der Waals surface area contributed by atoms with E-state index in [1.165, 1.54) is 0 Å². The van der Waals surface area contributed by atoms with Crippen LogP contribution in [0.3, 0.4) is 0 Å². The quantitative estimate of drug-likeness (QED) is 0.315. The molecule has 0 aliphatic heterocycles. The van der Waals surface area contributed by atoms with Crippen LogP contribution in [0, 0.1) is 0 Å². The number of nitrogens with one attached hydrogen (secondary N) is 1. The van der Waals surface area contributed by atoms with Gasteiger partial charge in [-0.2, -0.15) is 0 Å². The Bertz CT molecular complexity index is 1060. The Morgan fingerprint density at radius 1 is 0.844 bits per heavy atom. The Morgan fingerprint density at radius 2 is 1.34 bits per heavy atom. The maximum absolute atomic E-state index is 13.0. The molecule has 4 nitrogen and oxygen atoms in total. The largest absolute Gasteiger partial charge is 0.464 e. The van der Waals surface area contributed by atoms with Crippen molar-refractivity contribution in [3.63, 3.8) is 0 Å². The molecule has 32 heavy (non-hydrogen) atoms. The van der Waals surface area contributed by atoms with Gasteiger partial charge in [-0.3, -0.25) is 4.79 Å². The lowest BCUT2D eigenvalue weighted by Gasteiger charge is -2.17. The molecule has 3 rings (SSSR count). The first kappa shape index (κ1) is 22.8. The minimum atomic E-state index is -0.779. The zero-order chi connectivity index (χ0) is 22.8. The lowest BCUT2D eigenvalue weighted by Crippen LogP contribution is -2.43. The molecule has 0 bridgehead atoms. The Kier molecular flexibility index (Phi) is 8.19. The molecule has 0 fully saturated rings. The van der Waals surface area contributed by atoms with E-state index in [2.05, 4.69) is 11.0 Å². The Labute approximate surface area is 189 Å². The summed E-state index contributed by atoms with van der Waals surface area (Å²) in [7, 11) is 0. The molecule has 0 saturated carbocycles. The standard InChI is InChI=1S/C28H27NO3/c1-3-32-28(31)26(20-22-13-7-4-8-14-22)29-27(30)21(2)19-25(23-15-9-5-10-16-23)24-17-11-6-12-18-24/h4-18,26H,3,20H2,1-2H3,(H,29,30)/t26-/m0/s1. The molecule has 0 unspecified atom stereocenters. The maximum Gasteiger partial charge on any atom is 0.328 e. The normalized spacial score (nSPS) is 11.1. The minimum Gasteiger partial charge on any atom is -0.464 e. The first-order valence-corrected chi connectivity index (χ1v) is 10.7. The van der Waals surface area contributed by atoms with Crippen LogP contribution < -0.4 is 5.32 Å². The van der Waals surface area contributed by atoms with Gasteiger partial charge in [0.15, 0.2) is 0 Å². The van der Waals surface area contributed by atoms with E-state index >= 15 is 0 Å². The van der Waals surface area contributed by atoms with Crippen molar-refractivity contribution in [3.8, 4) is 0 Å². The van der Waals surface area contributed by atoms with Crippen LogP contribution in [0.25, 0.3) is 5.57 Å². The van der Waals surface area contributed by atoms with Crippen molar-refractivity contribution >= 4 is 17.4 Å². The molecule has 3 aromatic carbocycles. The molecule has 1 N–H and O–H groups in total. The SMILES string of the molecule is CCOC(=O)[C@H](Cc1ccccc1)NC(=O)C(C)=C=C(c1ccccc1)c1ccccc1. The molecule has 0 heterocycles. The summed E-state index contributed by atoms with van der Waals surface area (Å²) >= 11 is 0. The van der Waals surface area contributed by atoms with Gasteiger partial charge in [0.25, 0.3) is 5.91 Å². The van der Waals surface area contributed by atoms with Gasteiger partial charge >= 0.3 is 5.97 Å². The van der Waals surface area contributed by atoms with Crippen LogP contribution >= 0.6 is 0 Å². The zero-order valence-electron chi connectivity index (χ0n) is 18.4. The molecule has 162 valence electrons. The van der Waals surface area contributed by atoms with Crippen LogP contribution in [-0.2, 0) is 20.7 Å². The molecular formula is C28H27NO3. The van der Waals surface area contributed by atoms with E-state index in [4.69, 9.17) is 4.74 Å². The lowest BCUT2D eigenvalue weighted by molar-refractivity contribution is -0.147. The summed E-state index contributed by atoms with van der Waals surface area (Å²) in [4.78, 5) is 25.5. The molecule has 0 radical (unpaired) electrons. The number of amides is 1. The third-order valence-electron chi connectivity index (χ3n) is 4.94. The first-order chi connectivity index (χ1) is 15.6. The van der Waals surface area contributed by atoms with E-state index in [-0.39, 0.29) is 12.5 Å². The third kappa shape index (κ3) is 6.31. The number of rotatable bonds is 8. The molecule has 0 spiro atoms. The van der Waals surface area contributed by atoms with Crippen molar-refractivity contribution in [2.24, 2.45) is 0 Å². The van der Waals surface area contributed by atoms with Crippen LogP contribution in [0.2, 0.25) is 0 Å². The van der Waals surface area contributed by atoms with E-state index in [1.54, 1.807) is 13.8 Å². The zero-order valence-corrected chi connectivity index (χ0v) is 18.4. The number of esters is 1. The highest BCUT2D eigenvalue weighted by Crippen LogP contribution is 2.22. The van der Waals surface area contributed by atoms with Crippen LogP contribution in [0.1, 0.15) is 30.5 Å². The second kappa shape index (κ2) is 11.5. The minimum absolute atomic E-state index is 0.251. The number of carbonyl (C=O) groups excluding carboxylic acids is 2. The fraction of sp³-hybridized carbons (Fsp3) is 0.179. The van der Waals surface area contributed by atoms with Crippen molar-refractivity contribution < 1.29 is 14.3 Å². The number of benzene rings is 3. The molecule has 1 atom stereocenters. The van der Waals surface area contributed by atoms with Crippen molar-refractivity contribution in [3.05, 3.63) is 119 Å². The maximum atomic E-state index is 13.0. The van der Waals surface area contributed by atoms with E-state index in [1.807, 2.05) is 91.0 Å². The van der Waals surface area contributed by atoms with Crippen molar-refractivity contribution in [2.45, 2.75) is 26.3 Å². The Hall–Kier alpha value is -3.88. The van der Waals surface area contributed by atoms with Crippen molar-refractivity contribution in [1.82, 2.24) is 5.32 Å². The molecule has 3 aromatic rings. The Morgan fingerprint density at radius 3 is 1.84 bits per heavy atom. The molecule has 4 heteroatoms. The highest BCUT2D eigenvalue weighted by molar-refractivity contribution is 5.97. The van der Waals surface area contributed by atoms with Gasteiger partial charge in [-0.1, -0.05) is 91.0 Å². The fourth-order valence-corrected chi connectivity index (χ4v) is 3.32. The Balaban J connectivity index is 1.93. The summed E-state index contributed by atoms with van der Waals surface area (Å²) in [5.41, 5.74) is 7.31. The van der Waals surface area contributed by atoms with Gasteiger partial charge in [0.05, 0.1) is 12.2 Å². The average molecular weight is 426 g/mol. The molecule has 0 aromatic heterocycles. The van der Waals surface area contributed by atoms with Gasteiger partial charge in [0, 0.05) is 12.0 Å². The molecule has 1 amide bonds. The van der Waals surface area contributed by atoms with E-state index in [9.17, 15) is 9.59 Å². The predicted octanol–water partition coefficient (Wildman–Crippen LogP) is 4.95. The predicted molar refractivity (Wildman–Crippen MR) is 127 cm³/mol. The second-order valence-corrected chi connectivity index (χ2v) is 7.32. The van der Waals surface area contributed by atoms with Crippen LogP contribution in [0.15, 0.2) is 102 Å². The van der Waals surface area contributed by atoms with Gasteiger partial charge < -0.3 is 10.1 Å². The van der Waals surface area contributed by atoms with E-state index < -0.39 is 12.0 Å². The summed E-state index contributed by atoms with van der Waals surface area (Å²) in [6.45, 7) is 3.70. The monoisotopic (exact) mass is 425 g/mol. The van der Waals surface area contributed by atoms with Crippen molar-refractivity contribution in [1.29, 1.82) is 0 Å². The topological polar surface area (TPSA) is 55.4 Å². The smallest absolute Gasteiger partial charge is 0.328 e. The van der Waals surface area contributed by atoms with Crippen LogP contribution in [-0.4, -0.2) is 24.5 Å². The van der Waals surface area contributed by atoms with E-state index in [0.29, 0.717) is 12.0 Å².